The zero-order chi connectivity index (χ0) is 13.1. The number of nitrogens with zero attached hydrogens (tertiary/aromatic N) is 2. The van der Waals surface area contributed by atoms with Gasteiger partial charge in [0.2, 0.25) is 0 Å². The molecule has 1 N–H and O–H groups in total. The highest BCUT2D eigenvalue weighted by Crippen LogP contribution is 2.20. The van der Waals surface area contributed by atoms with Crippen molar-refractivity contribution < 1.29 is 9.90 Å². The first-order chi connectivity index (χ1) is 8.58. The van der Waals surface area contributed by atoms with Crippen LogP contribution in [0.3, 0.4) is 0 Å². The second-order valence-corrected chi connectivity index (χ2v) is 4.18. The molecule has 1 heterocycles. The van der Waals surface area contributed by atoms with Gasteiger partial charge in [-0.2, -0.15) is 0 Å². The maximum absolute atomic E-state index is 10.8. The summed E-state index contributed by atoms with van der Waals surface area (Å²) in [6.45, 7) is 0. The third-order valence-corrected chi connectivity index (χ3v) is 2.67. The largest absolute Gasteiger partial charge is 0.478 e. The van der Waals surface area contributed by atoms with Crippen LogP contribution < -0.4 is 4.90 Å². The molecule has 0 spiro atoms. The van der Waals surface area contributed by atoms with Gasteiger partial charge in [-0.15, -0.1) is 0 Å². The van der Waals surface area contributed by atoms with Gasteiger partial charge in [0.25, 0.3) is 0 Å². The van der Waals surface area contributed by atoms with Crippen molar-refractivity contribution in [1.82, 2.24) is 4.98 Å². The third kappa shape index (κ3) is 2.48. The molecule has 2 aromatic rings. The number of hydrogen-bond acceptors (Lipinski definition) is 3. The lowest BCUT2D eigenvalue weighted by Gasteiger charge is -2.11. The first kappa shape index (κ1) is 12.1. The van der Waals surface area contributed by atoms with Gasteiger partial charge in [-0.1, -0.05) is 12.1 Å². The molecule has 18 heavy (non-hydrogen) atoms. The highest BCUT2D eigenvalue weighted by atomic mass is 16.4. The fourth-order valence-corrected chi connectivity index (χ4v) is 1.63. The van der Waals surface area contributed by atoms with Crippen molar-refractivity contribution in [3.8, 4) is 11.1 Å². The quantitative estimate of drug-likeness (QED) is 0.898. The molecule has 92 valence electrons. The molecular weight excluding hydrogens is 228 g/mol. The molecule has 0 saturated carbocycles. The van der Waals surface area contributed by atoms with E-state index in [1.807, 2.05) is 31.1 Å². The van der Waals surface area contributed by atoms with Gasteiger partial charge in [0.1, 0.15) is 5.82 Å². The molecule has 0 saturated heterocycles. The predicted molar refractivity (Wildman–Crippen MR) is 71.0 cm³/mol. The molecule has 0 bridgehead atoms. The lowest BCUT2D eigenvalue weighted by Crippen LogP contribution is -2.09. The maximum Gasteiger partial charge on any atom is 0.335 e. The van der Waals surface area contributed by atoms with E-state index in [0.717, 1.165) is 16.9 Å². The van der Waals surface area contributed by atoms with Gasteiger partial charge < -0.3 is 10.0 Å². The minimum Gasteiger partial charge on any atom is -0.478 e. The predicted octanol–water partition coefficient (Wildman–Crippen LogP) is 2.51. The van der Waals surface area contributed by atoms with Crippen molar-refractivity contribution in [1.29, 1.82) is 0 Å². The van der Waals surface area contributed by atoms with Crippen LogP contribution >= 0.6 is 0 Å². The van der Waals surface area contributed by atoms with E-state index >= 15 is 0 Å². The number of anilines is 1. The Morgan fingerprint density at radius 1 is 1.06 bits per heavy atom. The summed E-state index contributed by atoms with van der Waals surface area (Å²) in [5.41, 5.74) is 2.21. The van der Waals surface area contributed by atoms with E-state index in [2.05, 4.69) is 4.98 Å². The molecule has 1 aromatic heterocycles. The molecular formula is C14H14N2O2. The highest BCUT2D eigenvalue weighted by Gasteiger charge is 2.04. The molecule has 0 fully saturated rings. The second-order valence-electron chi connectivity index (χ2n) is 4.18. The van der Waals surface area contributed by atoms with Crippen molar-refractivity contribution >= 4 is 11.8 Å². The number of rotatable bonds is 3. The van der Waals surface area contributed by atoms with Crippen molar-refractivity contribution in [2.75, 3.05) is 19.0 Å². The number of carboxylic acids is 1. The van der Waals surface area contributed by atoms with Crippen molar-refractivity contribution in [3.63, 3.8) is 0 Å². The average Bonchev–Trinajstić information content (AvgIpc) is 2.39. The number of carboxylic acid groups (broad SMARTS) is 1. The second kappa shape index (κ2) is 4.87. The van der Waals surface area contributed by atoms with Gasteiger partial charge in [-0.3, -0.25) is 0 Å². The van der Waals surface area contributed by atoms with Crippen molar-refractivity contribution in [2.24, 2.45) is 0 Å². The summed E-state index contributed by atoms with van der Waals surface area (Å²) >= 11 is 0. The number of aromatic nitrogens is 1. The van der Waals surface area contributed by atoms with E-state index in [1.54, 1.807) is 30.5 Å². The van der Waals surface area contributed by atoms with Crippen LogP contribution in [-0.2, 0) is 0 Å². The van der Waals surface area contributed by atoms with Gasteiger partial charge in [-0.25, -0.2) is 9.78 Å². The molecule has 0 aliphatic carbocycles. The number of pyridine rings is 1. The molecule has 0 aliphatic heterocycles. The Hall–Kier alpha value is -2.36. The lowest BCUT2D eigenvalue weighted by atomic mass is 10.1. The number of benzene rings is 1. The monoisotopic (exact) mass is 242 g/mol. The number of carbonyl (C=O) groups is 1. The van der Waals surface area contributed by atoms with Gasteiger partial charge >= 0.3 is 5.97 Å². The van der Waals surface area contributed by atoms with Crippen LogP contribution in [0.15, 0.2) is 42.6 Å². The molecule has 0 aliphatic rings. The normalized spacial score (nSPS) is 10.1. The summed E-state index contributed by atoms with van der Waals surface area (Å²) in [7, 11) is 3.87. The zero-order valence-corrected chi connectivity index (χ0v) is 10.3. The number of aromatic carboxylic acids is 1. The Kier molecular flexibility index (Phi) is 3.28. The van der Waals surface area contributed by atoms with Gasteiger partial charge in [-0.05, 0) is 29.8 Å². The van der Waals surface area contributed by atoms with Crippen LogP contribution in [0, 0.1) is 0 Å². The van der Waals surface area contributed by atoms with Crippen LogP contribution in [-0.4, -0.2) is 30.2 Å². The van der Waals surface area contributed by atoms with Crippen molar-refractivity contribution in [3.05, 3.63) is 48.2 Å². The summed E-state index contributed by atoms with van der Waals surface area (Å²) < 4.78 is 0. The van der Waals surface area contributed by atoms with Gasteiger partial charge in [0.15, 0.2) is 0 Å². The average molecular weight is 242 g/mol. The van der Waals surface area contributed by atoms with Crippen molar-refractivity contribution in [2.45, 2.75) is 0 Å². The summed E-state index contributed by atoms with van der Waals surface area (Å²) in [6.07, 6.45) is 1.78. The van der Waals surface area contributed by atoms with Crippen LogP contribution in [0.5, 0.6) is 0 Å². The van der Waals surface area contributed by atoms with Crippen LogP contribution in [0.1, 0.15) is 10.4 Å². The third-order valence-electron chi connectivity index (χ3n) is 2.67. The smallest absolute Gasteiger partial charge is 0.335 e. The molecule has 0 radical (unpaired) electrons. The molecule has 4 nitrogen and oxygen atoms in total. The van der Waals surface area contributed by atoms with E-state index in [0.29, 0.717) is 0 Å². The summed E-state index contributed by atoms with van der Waals surface area (Å²) in [4.78, 5) is 17.0. The Morgan fingerprint density at radius 3 is 2.11 bits per heavy atom. The van der Waals surface area contributed by atoms with Crippen LogP contribution in [0.2, 0.25) is 0 Å². The minimum atomic E-state index is -0.914. The molecule has 1 aromatic carbocycles. The molecule has 0 atom stereocenters. The van der Waals surface area contributed by atoms with E-state index in [4.69, 9.17) is 5.11 Å². The standard InChI is InChI=1S/C14H14N2O2/c1-16(2)13-8-7-12(9-15-13)10-3-5-11(6-4-10)14(17)18/h3-9H,1-2H3,(H,17,18). The first-order valence-corrected chi connectivity index (χ1v) is 5.55. The molecule has 4 heteroatoms. The van der Waals surface area contributed by atoms with Gasteiger partial charge in [0, 0.05) is 25.9 Å². The summed E-state index contributed by atoms with van der Waals surface area (Å²) in [5.74, 6) is -0.0245. The zero-order valence-electron chi connectivity index (χ0n) is 10.3. The van der Waals surface area contributed by atoms with E-state index in [1.165, 1.54) is 0 Å². The fourth-order valence-electron chi connectivity index (χ4n) is 1.63. The van der Waals surface area contributed by atoms with Crippen LogP contribution in [0.4, 0.5) is 5.82 Å². The SMILES string of the molecule is CN(C)c1ccc(-c2ccc(C(=O)O)cc2)cn1. The van der Waals surface area contributed by atoms with E-state index in [-0.39, 0.29) is 5.56 Å². The topological polar surface area (TPSA) is 53.4 Å². The Morgan fingerprint density at radius 2 is 1.67 bits per heavy atom. The molecule has 0 amide bonds. The fraction of sp³-hybridized carbons (Fsp3) is 0.143. The maximum atomic E-state index is 10.8. The molecule has 2 rings (SSSR count). The Balaban J connectivity index is 2.28. The molecule has 0 unspecified atom stereocenters. The Bertz CT molecular complexity index is 545. The summed E-state index contributed by atoms with van der Waals surface area (Å²) in [6, 6.07) is 10.7. The minimum absolute atomic E-state index is 0.289. The number of hydrogen-bond donors (Lipinski definition) is 1. The Labute approximate surface area is 106 Å². The van der Waals surface area contributed by atoms with E-state index < -0.39 is 5.97 Å². The van der Waals surface area contributed by atoms with Crippen LogP contribution in [0.25, 0.3) is 11.1 Å². The lowest BCUT2D eigenvalue weighted by molar-refractivity contribution is 0.0697. The van der Waals surface area contributed by atoms with E-state index in [9.17, 15) is 4.79 Å². The summed E-state index contributed by atoms with van der Waals surface area (Å²) in [5, 5.41) is 8.83. The van der Waals surface area contributed by atoms with Gasteiger partial charge in [0.05, 0.1) is 5.56 Å². The first-order valence-electron chi connectivity index (χ1n) is 5.55. The highest BCUT2D eigenvalue weighted by molar-refractivity contribution is 5.88.